The fraction of sp³-hybridized carbons (Fsp3) is 0.308. The van der Waals surface area contributed by atoms with Crippen molar-refractivity contribution in [3.8, 4) is 0 Å². The molecule has 0 aliphatic rings. The highest BCUT2D eigenvalue weighted by molar-refractivity contribution is 6.32. The number of benzene rings is 1. The lowest BCUT2D eigenvalue weighted by molar-refractivity contribution is -0.113. The third-order valence-corrected chi connectivity index (χ3v) is 2.84. The molecule has 1 rings (SSSR count). The van der Waals surface area contributed by atoms with E-state index in [1.54, 1.807) is 6.92 Å². The fourth-order valence-electron chi connectivity index (χ4n) is 1.45. The summed E-state index contributed by atoms with van der Waals surface area (Å²) in [5.74, 6) is 0.188. The highest BCUT2D eigenvalue weighted by atomic mass is 35.5. The lowest BCUT2D eigenvalue weighted by atomic mass is 10.1. The molecule has 0 unspecified atom stereocenters. The maximum atomic E-state index is 12.0. The Labute approximate surface area is 112 Å². The average Bonchev–Trinajstić information content (AvgIpc) is 2.28. The van der Waals surface area contributed by atoms with Crippen molar-refractivity contribution in [2.45, 2.75) is 20.3 Å². The average molecular weight is 272 g/mol. The standard InChI is InChI=1S/C13H15Cl2NO/c1-9-5-3-4-6-12(9)16-13(17)11(7-8-14)10(2)15/h3-6H,7-8H2,1-2H3,(H,16,17)/b11-10+. The maximum Gasteiger partial charge on any atom is 0.252 e. The smallest absolute Gasteiger partial charge is 0.252 e. The first-order chi connectivity index (χ1) is 8.06. The van der Waals surface area contributed by atoms with E-state index in [-0.39, 0.29) is 5.91 Å². The van der Waals surface area contributed by atoms with Gasteiger partial charge in [-0.2, -0.15) is 0 Å². The van der Waals surface area contributed by atoms with Gasteiger partial charge in [0.15, 0.2) is 0 Å². The van der Waals surface area contributed by atoms with Gasteiger partial charge in [-0.1, -0.05) is 29.8 Å². The van der Waals surface area contributed by atoms with Crippen LogP contribution < -0.4 is 5.32 Å². The van der Waals surface area contributed by atoms with Crippen molar-refractivity contribution in [1.82, 2.24) is 0 Å². The number of carbonyl (C=O) groups is 1. The van der Waals surface area contributed by atoms with Gasteiger partial charge < -0.3 is 5.32 Å². The molecule has 0 atom stereocenters. The minimum absolute atomic E-state index is 0.188. The first kappa shape index (κ1) is 14.1. The number of hydrogen-bond acceptors (Lipinski definition) is 1. The van der Waals surface area contributed by atoms with Crippen LogP contribution in [0.2, 0.25) is 0 Å². The largest absolute Gasteiger partial charge is 0.322 e. The van der Waals surface area contributed by atoms with Gasteiger partial charge in [0.2, 0.25) is 0 Å². The molecule has 0 spiro atoms. The van der Waals surface area contributed by atoms with Crippen molar-refractivity contribution in [3.63, 3.8) is 0 Å². The van der Waals surface area contributed by atoms with Gasteiger partial charge in [-0.3, -0.25) is 4.79 Å². The Bertz CT molecular complexity index is 437. The van der Waals surface area contributed by atoms with Crippen LogP contribution in [0.25, 0.3) is 0 Å². The number of hydrogen-bond donors (Lipinski definition) is 1. The Hall–Kier alpha value is -0.990. The topological polar surface area (TPSA) is 29.1 Å². The minimum atomic E-state index is -0.188. The van der Waals surface area contributed by atoms with Crippen LogP contribution in [0, 0.1) is 6.92 Å². The highest BCUT2D eigenvalue weighted by Gasteiger charge is 2.12. The second-order valence-corrected chi connectivity index (χ2v) is 4.66. The number of anilines is 1. The SMILES string of the molecule is C/C(Cl)=C(/CCCl)C(=O)Nc1ccccc1C. The van der Waals surface area contributed by atoms with E-state index in [4.69, 9.17) is 23.2 Å². The lowest BCUT2D eigenvalue weighted by Gasteiger charge is -2.10. The number of allylic oxidation sites excluding steroid dienone is 1. The van der Waals surface area contributed by atoms with Crippen LogP contribution in [0.1, 0.15) is 18.9 Å². The van der Waals surface area contributed by atoms with Gasteiger partial charge in [-0.25, -0.2) is 0 Å². The molecule has 0 aliphatic heterocycles. The molecule has 2 nitrogen and oxygen atoms in total. The second kappa shape index (κ2) is 6.67. The number of carbonyl (C=O) groups excluding carboxylic acids is 1. The predicted molar refractivity (Wildman–Crippen MR) is 73.7 cm³/mol. The zero-order chi connectivity index (χ0) is 12.8. The summed E-state index contributed by atoms with van der Waals surface area (Å²) >= 11 is 11.5. The van der Waals surface area contributed by atoms with Gasteiger partial charge in [0, 0.05) is 22.2 Å². The van der Waals surface area contributed by atoms with Crippen molar-refractivity contribution in [2.75, 3.05) is 11.2 Å². The van der Waals surface area contributed by atoms with Crippen LogP contribution in [-0.2, 0) is 4.79 Å². The summed E-state index contributed by atoms with van der Waals surface area (Å²) in [6, 6.07) is 7.59. The summed E-state index contributed by atoms with van der Waals surface area (Å²) in [5.41, 5.74) is 2.34. The monoisotopic (exact) mass is 271 g/mol. The maximum absolute atomic E-state index is 12.0. The van der Waals surface area contributed by atoms with Crippen LogP contribution in [-0.4, -0.2) is 11.8 Å². The van der Waals surface area contributed by atoms with E-state index < -0.39 is 0 Å². The summed E-state index contributed by atoms with van der Waals surface area (Å²) in [4.78, 5) is 12.0. The predicted octanol–water partition coefficient (Wildman–Crippen LogP) is 4.08. The molecule has 0 heterocycles. The minimum Gasteiger partial charge on any atom is -0.322 e. The van der Waals surface area contributed by atoms with E-state index in [0.717, 1.165) is 11.3 Å². The summed E-state index contributed by atoms with van der Waals surface area (Å²) in [7, 11) is 0. The fourth-order valence-corrected chi connectivity index (χ4v) is 1.82. The first-order valence-electron chi connectivity index (χ1n) is 5.34. The molecule has 17 heavy (non-hydrogen) atoms. The molecular weight excluding hydrogens is 257 g/mol. The molecule has 0 aliphatic carbocycles. The molecule has 1 aromatic rings. The number of aryl methyl sites for hydroxylation is 1. The van der Waals surface area contributed by atoms with Crippen molar-refractivity contribution in [1.29, 1.82) is 0 Å². The van der Waals surface area contributed by atoms with Crippen molar-refractivity contribution in [3.05, 3.63) is 40.4 Å². The first-order valence-corrected chi connectivity index (χ1v) is 6.25. The molecule has 0 bridgehead atoms. The Morgan fingerprint density at radius 1 is 1.35 bits per heavy atom. The van der Waals surface area contributed by atoms with E-state index in [2.05, 4.69) is 5.32 Å². The van der Waals surface area contributed by atoms with Gasteiger partial charge >= 0.3 is 0 Å². The van der Waals surface area contributed by atoms with Gasteiger partial charge in [0.25, 0.3) is 5.91 Å². The molecule has 0 saturated heterocycles. The van der Waals surface area contributed by atoms with Crippen molar-refractivity contribution < 1.29 is 4.79 Å². The summed E-state index contributed by atoms with van der Waals surface area (Å²) in [6.45, 7) is 3.63. The van der Waals surface area contributed by atoms with Crippen LogP contribution >= 0.6 is 23.2 Å². The van der Waals surface area contributed by atoms with Crippen LogP contribution in [0.3, 0.4) is 0 Å². The Kier molecular flexibility index (Phi) is 5.52. The number of amides is 1. The molecule has 0 saturated carbocycles. The third kappa shape index (κ3) is 4.06. The zero-order valence-electron chi connectivity index (χ0n) is 9.89. The zero-order valence-corrected chi connectivity index (χ0v) is 11.4. The molecule has 4 heteroatoms. The van der Waals surface area contributed by atoms with E-state index in [9.17, 15) is 4.79 Å². The van der Waals surface area contributed by atoms with Crippen LogP contribution in [0.4, 0.5) is 5.69 Å². The van der Waals surface area contributed by atoms with Crippen molar-refractivity contribution >= 4 is 34.8 Å². The normalized spacial score (nSPS) is 12.0. The summed E-state index contributed by atoms with van der Waals surface area (Å²) in [6.07, 6.45) is 0.467. The second-order valence-electron chi connectivity index (χ2n) is 3.72. The van der Waals surface area contributed by atoms with E-state index >= 15 is 0 Å². The number of alkyl halides is 1. The molecule has 92 valence electrons. The Balaban J connectivity index is 2.85. The Morgan fingerprint density at radius 3 is 2.53 bits per heavy atom. The van der Waals surface area contributed by atoms with Gasteiger partial charge in [-0.15, -0.1) is 11.6 Å². The highest BCUT2D eigenvalue weighted by Crippen LogP contribution is 2.18. The third-order valence-electron chi connectivity index (χ3n) is 2.43. The van der Waals surface area contributed by atoms with Crippen LogP contribution in [0.15, 0.2) is 34.9 Å². The van der Waals surface area contributed by atoms with Gasteiger partial charge in [-0.05, 0) is 31.9 Å². The lowest BCUT2D eigenvalue weighted by Crippen LogP contribution is -2.16. The van der Waals surface area contributed by atoms with E-state index in [1.165, 1.54) is 0 Å². The van der Waals surface area contributed by atoms with E-state index in [0.29, 0.717) is 22.9 Å². The van der Waals surface area contributed by atoms with Crippen molar-refractivity contribution in [2.24, 2.45) is 0 Å². The number of halogens is 2. The number of rotatable bonds is 4. The quantitative estimate of drug-likeness (QED) is 0.649. The molecular formula is C13H15Cl2NO. The number of nitrogens with one attached hydrogen (secondary N) is 1. The molecule has 0 radical (unpaired) electrons. The van der Waals surface area contributed by atoms with E-state index in [1.807, 2.05) is 31.2 Å². The molecule has 1 amide bonds. The Morgan fingerprint density at radius 2 is 2.00 bits per heavy atom. The van der Waals surface area contributed by atoms with Gasteiger partial charge in [0.05, 0.1) is 0 Å². The summed E-state index contributed by atoms with van der Waals surface area (Å²) < 4.78 is 0. The summed E-state index contributed by atoms with van der Waals surface area (Å²) in [5, 5.41) is 3.32. The molecule has 1 aromatic carbocycles. The molecule has 1 N–H and O–H groups in total. The molecule has 0 fully saturated rings. The van der Waals surface area contributed by atoms with Crippen LogP contribution in [0.5, 0.6) is 0 Å². The number of para-hydroxylation sites is 1. The molecule has 0 aromatic heterocycles. The van der Waals surface area contributed by atoms with Gasteiger partial charge in [0.1, 0.15) is 0 Å².